The van der Waals surface area contributed by atoms with Crippen molar-refractivity contribution in [2.24, 2.45) is 5.11 Å². The van der Waals surface area contributed by atoms with Gasteiger partial charge in [0.05, 0.1) is 31.4 Å². The van der Waals surface area contributed by atoms with E-state index in [1.54, 1.807) is 12.1 Å². The molecule has 1 aromatic carbocycles. The summed E-state index contributed by atoms with van der Waals surface area (Å²) < 4.78 is 10.4. The molecule has 0 spiro atoms. The van der Waals surface area contributed by atoms with Crippen LogP contribution in [0.2, 0.25) is 0 Å². The lowest BCUT2D eigenvalue weighted by Crippen LogP contribution is -2.25. The van der Waals surface area contributed by atoms with Gasteiger partial charge in [-0.2, -0.15) is 0 Å². The standard InChI is InChI=1S/C17H19N3O4/c1-4-5-6-11(19-20-18)10-9-12(21)15-13(23-2)7-8-14(24-3)16(15)17(10)22/h7-9,11H,4-6H2,1-3H3. The van der Waals surface area contributed by atoms with Gasteiger partial charge >= 0.3 is 0 Å². The van der Waals surface area contributed by atoms with E-state index in [9.17, 15) is 9.59 Å². The molecule has 0 fully saturated rings. The number of rotatable bonds is 7. The van der Waals surface area contributed by atoms with Gasteiger partial charge in [0, 0.05) is 10.5 Å². The van der Waals surface area contributed by atoms with Crippen molar-refractivity contribution < 1.29 is 19.1 Å². The number of hydrogen-bond donors (Lipinski definition) is 0. The van der Waals surface area contributed by atoms with Crippen LogP contribution in [-0.4, -0.2) is 31.8 Å². The van der Waals surface area contributed by atoms with Crippen molar-refractivity contribution in [3.05, 3.63) is 45.4 Å². The molecule has 1 atom stereocenters. The highest BCUT2D eigenvalue weighted by Crippen LogP contribution is 2.37. The summed E-state index contributed by atoms with van der Waals surface area (Å²) in [7, 11) is 2.86. The molecule has 0 radical (unpaired) electrons. The SMILES string of the molecule is CCCCC(N=[N+]=[N-])C1=CC(=O)c2c(OC)ccc(OC)c2C1=O. The predicted molar refractivity (Wildman–Crippen MR) is 88.7 cm³/mol. The number of ether oxygens (including phenoxy) is 2. The number of azide groups is 1. The fourth-order valence-corrected chi connectivity index (χ4v) is 2.78. The molecule has 24 heavy (non-hydrogen) atoms. The van der Waals surface area contributed by atoms with Crippen molar-refractivity contribution in [2.45, 2.75) is 32.2 Å². The average Bonchev–Trinajstić information content (AvgIpc) is 2.60. The number of ketones is 2. The number of methoxy groups -OCH3 is 2. The van der Waals surface area contributed by atoms with Gasteiger partial charge in [0.25, 0.3) is 0 Å². The summed E-state index contributed by atoms with van der Waals surface area (Å²) in [4.78, 5) is 28.3. The van der Waals surface area contributed by atoms with Gasteiger partial charge in [-0.3, -0.25) is 9.59 Å². The first-order valence-electron chi connectivity index (χ1n) is 7.68. The highest BCUT2D eigenvalue weighted by atomic mass is 16.5. The third kappa shape index (κ3) is 3.12. The Kier molecular flexibility index (Phi) is 5.60. The Morgan fingerprint density at radius 2 is 1.79 bits per heavy atom. The topological polar surface area (TPSA) is 101 Å². The predicted octanol–water partition coefficient (Wildman–Crippen LogP) is 3.88. The van der Waals surface area contributed by atoms with Gasteiger partial charge in [-0.25, -0.2) is 0 Å². The van der Waals surface area contributed by atoms with E-state index in [0.29, 0.717) is 17.9 Å². The number of carbonyl (C=O) groups excluding carboxylic acids is 2. The molecule has 7 nitrogen and oxygen atoms in total. The van der Waals surface area contributed by atoms with Crippen LogP contribution in [-0.2, 0) is 0 Å². The van der Waals surface area contributed by atoms with E-state index in [1.165, 1.54) is 20.3 Å². The second-order valence-corrected chi connectivity index (χ2v) is 5.38. The third-order valence-corrected chi connectivity index (χ3v) is 3.97. The van der Waals surface area contributed by atoms with Crippen LogP contribution >= 0.6 is 0 Å². The second-order valence-electron chi connectivity index (χ2n) is 5.38. The normalized spacial score (nSPS) is 14.4. The molecular weight excluding hydrogens is 310 g/mol. The van der Waals surface area contributed by atoms with Crippen LogP contribution in [0, 0.1) is 0 Å². The Bertz CT molecular complexity index is 748. The number of allylic oxidation sites excluding steroid dienone is 1. The second kappa shape index (κ2) is 7.66. The molecular formula is C17H19N3O4. The minimum atomic E-state index is -0.671. The zero-order valence-corrected chi connectivity index (χ0v) is 13.9. The monoisotopic (exact) mass is 329 g/mol. The molecule has 1 aromatic rings. The van der Waals surface area contributed by atoms with Crippen LogP contribution in [0.1, 0.15) is 46.9 Å². The molecule has 2 rings (SSSR count). The largest absolute Gasteiger partial charge is 0.496 e. The third-order valence-electron chi connectivity index (χ3n) is 3.97. The molecule has 1 aliphatic carbocycles. The summed E-state index contributed by atoms with van der Waals surface area (Å²) in [6.45, 7) is 2.00. The van der Waals surface area contributed by atoms with Crippen LogP contribution in [0.15, 0.2) is 28.9 Å². The summed E-state index contributed by atoms with van der Waals surface area (Å²) >= 11 is 0. The molecule has 0 aromatic heterocycles. The quantitative estimate of drug-likeness (QED) is 0.430. The molecule has 0 heterocycles. The van der Waals surface area contributed by atoms with Crippen molar-refractivity contribution in [3.8, 4) is 11.5 Å². The lowest BCUT2D eigenvalue weighted by atomic mass is 9.84. The number of Topliss-reactive ketones (excluding diaryl/α,β-unsaturated/α-hetero) is 1. The van der Waals surface area contributed by atoms with Gasteiger partial charge in [-0.05, 0) is 30.2 Å². The molecule has 7 heteroatoms. The van der Waals surface area contributed by atoms with Crippen molar-refractivity contribution in [1.29, 1.82) is 0 Å². The van der Waals surface area contributed by atoms with Crippen LogP contribution in [0.3, 0.4) is 0 Å². The van der Waals surface area contributed by atoms with Crippen LogP contribution in [0.4, 0.5) is 0 Å². The molecule has 0 aliphatic heterocycles. The van der Waals surface area contributed by atoms with Gasteiger partial charge in [-0.1, -0.05) is 24.9 Å². The molecule has 0 bridgehead atoms. The maximum absolute atomic E-state index is 13.0. The molecule has 0 amide bonds. The minimum Gasteiger partial charge on any atom is -0.496 e. The first-order chi connectivity index (χ1) is 11.6. The van der Waals surface area contributed by atoms with Crippen LogP contribution in [0.25, 0.3) is 10.4 Å². The highest BCUT2D eigenvalue weighted by Gasteiger charge is 2.34. The lowest BCUT2D eigenvalue weighted by Gasteiger charge is -2.22. The Hall–Kier alpha value is -2.79. The van der Waals surface area contributed by atoms with Gasteiger partial charge in [0.2, 0.25) is 0 Å². The summed E-state index contributed by atoms with van der Waals surface area (Å²) in [5, 5.41) is 3.71. The van der Waals surface area contributed by atoms with Crippen LogP contribution < -0.4 is 9.47 Å². The number of hydrogen-bond acceptors (Lipinski definition) is 5. The Morgan fingerprint density at radius 3 is 2.33 bits per heavy atom. The molecule has 1 aliphatic rings. The molecule has 126 valence electrons. The number of nitrogens with zero attached hydrogens (tertiary/aromatic N) is 3. The van der Waals surface area contributed by atoms with Gasteiger partial charge in [0.15, 0.2) is 11.6 Å². The molecule has 0 saturated carbocycles. The van der Waals surface area contributed by atoms with E-state index in [4.69, 9.17) is 15.0 Å². The maximum atomic E-state index is 13.0. The first kappa shape index (κ1) is 17.6. The Balaban J connectivity index is 2.58. The molecule has 0 saturated heterocycles. The van der Waals surface area contributed by atoms with Gasteiger partial charge in [-0.15, -0.1) is 0 Å². The zero-order chi connectivity index (χ0) is 17.7. The smallest absolute Gasteiger partial charge is 0.194 e. The van der Waals surface area contributed by atoms with E-state index < -0.39 is 6.04 Å². The Labute approximate surface area is 139 Å². The number of carbonyl (C=O) groups is 2. The van der Waals surface area contributed by atoms with Gasteiger partial charge in [0.1, 0.15) is 11.5 Å². The van der Waals surface area contributed by atoms with E-state index in [1.807, 2.05) is 6.92 Å². The average molecular weight is 329 g/mol. The molecule has 1 unspecified atom stereocenters. The Morgan fingerprint density at radius 1 is 1.17 bits per heavy atom. The van der Waals surface area contributed by atoms with E-state index >= 15 is 0 Å². The van der Waals surface area contributed by atoms with E-state index in [-0.39, 0.29) is 28.3 Å². The fourth-order valence-electron chi connectivity index (χ4n) is 2.78. The summed E-state index contributed by atoms with van der Waals surface area (Å²) in [5.74, 6) is -0.114. The number of unbranched alkanes of at least 4 members (excludes halogenated alkanes) is 1. The van der Waals surface area contributed by atoms with Crippen LogP contribution in [0.5, 0.6) is 11.5 Å². The first-order valence-corrected chi connectivity index (χ1v) is 7.68. The van der Waals surface area contributed by atoms with Gasteiger partial charge < -0.3 is 9.47 Å². The maximum Gasteiger partial charge on any atom is 0.194 e. The summed E-state index contributed by atoms with van der Waals surface area (Å²) in [5.41, 5.74) is 9.33. The van der Waals surface area contributed by atoms with Crippen molar-refractivity contribution >= 4 is 11.6 Å². The molecule has 0 N–H and O–H groups in total. The lowest BCUT2D eigenvalue weighted by molar-refractivity contribution is 0.0973. The highest BCUT2D eigenvalue weighted by molar-refractivity contribution is 6.27. The van der Waals surface area contributed by atoms with E-state index in [0.717, 1.165) is 12.8 Å². The van der Waals surface area contributed by atoms with E-state index in [2.05, 4.69) is 10.0 Å². The summed E-state index contributed by atoms with van der Waals surface area (Å²) in [6.07, 6.45) is 3.43. The summed E-state index contributed by atoms with van der Waals surface area (Å²) in [6, 6.07) is 2.50. The zero-order valence-electron chi connectivity index (χ0n) is 13.9. The fraction of sp³-hybridized carbons (Fsp3) is 0.412. The van der Waals surface area contributed by atoms with Crippen molar-refractivity contribution in [1.82, 2.24) is 0 Å². The number of fused-ring (bicyclic) bond motifs is 1. The van der Waals surface area contributed by atoms with Crippen molar-refractivity contribution in [3.63, 3.8) is 0 Å². The number of benzene rings is 1. The minimum absolute atomic E-state index is 0.161. The van der Waals surface area contributed by atoms with Crippen molar-refractivity contribution in [2.75, 3.05) is 14.2 Å².